The van der Waals surface area contributed by atoms with Crippen LogP contribution in [0.5, 0.6) is 0 Å². The van der Waals surface area contributed by atoms with Gasteiger partial charge in [0.1, 0.15) is 6.23 Å². The van der Waals surface area contributed by atoms with E-state index in [1.807, 2.05) is 6.08 Å². The van der Waals surface area contributed by atoms with Gasteiger partial charge in [0, 0.05) is 7.11 Å². The Morgan fingerprint density at radius 1 is 1.53 bits per heavy atom. The Bertz CT molecular complexity index is 235. The van der Waals surface area contributed by atoms with Crippen molar-refractivity contribution in [2.24, 2.45) is 17.6 Å². The molecule has 0 aromatic carbocycles. The van der Waals surface area contributed by atoms with E-state index >= 15 is 0 Å². The maximum absolute atomic E-state index is 5.92. The summed E-state index contributed by atoms with van der Waals surface area (Å²) >= 11 is 0. The van der Waals surface area contributed by atoms with Crippen molar-refractivity contribution in [1.82, 2.24) is 0 Å². The molecule has 0 radical (unpaired) electrons. The second kappa shape index (κ2) is 6.09. The summed E-state index contributed by atoms with van der Waals surface area (Å²) in [5.41, 5.74) is 7.35. The van der Waals surface area contributed by atoms with E-state index in [2.05, 4.69) is 19.6 Å². The molecule has 0 aromatic heterocycles. The zero-order chi connectivity index (χ0) is 11.3. The summed E-state index contributed by atoms with van der Waals surface area (Å²) in [5.74, 6) is 1.19. The maximum Gasteiger partial charge on any atom is 0.108 e. The average Bonchev–Trinajstić information content (AvgIpc) is 2.28. The second-order valence-electron chi connectivity index (χ2n) is 4.47. The Balaban J connectivity index is 2.55. The van der Waals surface area contributed by atoms with Crippen LogP contribution in [0.1, 0.15) is 32.6 Å². The predicted molar refractivity (Wildman–Crippen MR) is 64.4 cm³/mol. The number of hydrogen-bond acceptors (Lipinski definition) is 2. The fourth-order valence-corrected chi connectivity index (χ4v) is 2.45. The summed E-state index contributed by atoms with van der Waals surface area (Å²) in [6, 6.07) is 0. The lowest BCUT2D eigenvalue weighted by molar-refractivity contribution is 0.0342. The number of rotatable bonds is 4. The third kappa shape index (κ3) is 3.47. The molecular formula is C13H23NO. The summed E-state index contributed by atoms with van der Waals surface area (Å²) in [6.07, 6.45) is 8.79. The number of hydrogen-bond donors (Lipinski definition) is 1. The summed E-state index contributed by atoms with van der Waals surface area (Å²) in [5, 5.41) is 0. The first kappa shape index (κ1) is 12.5. The Morgan fingerprint density at radius 2 is 2.27 bits per heavy atom. The standard InChI is InChI=1S/C13H23NO/c1-4-6-10(2)11-7-5-8-12(9-11)13(14)15-3/h4,6,11-13H,1,5,7-9,14H2,2-3H3. The molecule has 0 amide bonds. The van der Waals surface area contributed by atoms with Gasteiger partial charge in [-0.15, -0.1) is 0 Å². The largest absolute Gasteiger partial charge is 0.367 e. The van der Waals surface area contributed by atoms with Gasteiger partial charge in [-0.2, -0.15) is 0 Å². The summed E-state index contributed by atoms with van der Waals surface area (Å²) in [4.78, 5) is 0. The van der Waals surface area contributed by atoms with Gasteiger partial charge in [0.25, 0.3) is 0 Å². The molecule has 3 atom stereocenters. The van der Waals surface area contributed by atoms with E-state index in [1.54, 1.807) is 7.11 Å². The van der Waals surface area contributed by atoms with Crippen LogP contribution in [-0.4, -0.2) is 13.3 Å². The SMILES string of the molecule is C=CC=C(C)C1CCCC(C(N)OC)C1. The van der Waals surface area contributed by atoms with Gasteiger partial charge < -0.3 is 10.5 Å². The van der Waals surface area contributed by atoms with Crippen molar-refractivity contribution < 1.29 is 4.74 Å². The smallest absolute Gasteiger partial charge is 0.108 e. The number of nitrogens with two attached hydrogens (primary N) is 1. The minimum Gasteiger partial charge on any atom is -0.367 e. The zero-order valence-corrected chi connectivity index (χ0v) is 9.91. The molecular weight excluding hydrogens is 186 g/mol. The van der Waals surface area contributed by atoms with E-state index in [1.165, 1.54) is 24.8 Å². The molecule has 2 N–H and O–H groups in total. The molecule has 3 unspecified atom stereocenters. The fourth-order valence-electron chi connectivity index (χ4n) is 2.45. The molecule has 2 heteroatoms. The van der Waals surface area contributed by atoms with Crippen molar-refractivity contribution in [3.05, 3.63) is 24.3 Å². The fraction of sp³-hybridized carbons (Fsp3) is 0.692. The minimum absolute atomic E-state index is 0.0932. The van der Waals surface area contributed by atoms with E-state index in [4.69, 9.17) is 10.5 Å². The molecule has 0 saturated heterocycles. The van der Waals surface area contributed by atoms with Crippen LogP contribution in [0.25, 0.3) is 0 Å². The van der Waals surface area contributed by atoms with Crippen LogP contribution < -0.4 is 5.73 Å². The molecule has 0 bridgehead atoms. The van der Waals surface area contributed by atoms with Crippen molar-refractivity contribution in [3.8, 4) is 0 Å². The first-order chi connectivity index (χ1) is 7.19. The highest BCUT2D eigenvalue weighted by molar-refractivity contribution is 5.12. The quantitative estimate of drug-likeness (QED) is 0.571. The molecule has 1 fully saturated rings. The van der Waals surface area contributed by atoms with Crippen molar-refractivity contribution in [3.63, 3.8) is 0 Å². The van der Waals surface area contributed by atoms with Gasteiger partial charge in [-0.3, -0.25) is 0 Å². The molecule has 1 aliphatic rings. The van der Waals surface area contributed by atoms with Gasteiger partial charge in [-0.05, 0) is 38.0 Å². The van der Waals surface area contributed by atoms with E-state index in [0.29, 0.717) is 11.8 Å². The zero-order valence-electron chi connectivity index (χ0n) is 9.91. The van der Waals surface area contributed by atoms with Crippen molar-refractivity contribution in [2.45, 2.75) is 38.8 Å². The molecule has 86 valence electrons. The topological polar surface area (TPSA) is 35.2 Å². The summed E-state index contributed by atoms with van der Waals surface area (Å²) in [6.45, 7) is 5.93. The number of ether oxygens (including phenoxy) is 1. The van der Waals surface area contributed by atoms with E-state index in [-0.39, 0.29) is 6.23 Å². The van der Waals surface area contributed by atoms with Crippen molar-refractivity contribution in [1.29, 1.82) is 0 Å². The molecule has 0 aliphatic heterocycles. The highest BCUT2D eigenvalue weighted by Crippen LogP contribution is 2.34. The van der Waals surface area contributed by atoms with Crippen LogP contribution in [-0.2, 0) is 4.74 Å². The van der Waals surface area contributed by atoms with Gasteiger partial charge >= 0.3 is 0 Å². The van der Waals surface area contributed by atoms with Gasteiger partial charge in [-0.25, -0.2) is 0 Å². The highest BCUT2D eigenvalue weighted by Gasteiger charge is 2.26. The molecule has 0 heterocycles. The normalized spacial score (nSPS) is 29.9. The molecule has 1 rings (SSSR count). The van der Waals surface area contributed by atoms with Crippen LogP contribution in [0.15, 0.2) is 24.3 Å². The Labute approximate surface area is 93.2 Å². The van der Waals surface area contributed by atoms with Crippen LogP contribution in [0, 0.1) is 11.8 Å². The van der Waals surface area contributed by atoms with E-state index < -0.39 is 0 Å². The lowest BCUT2D eigenvalue weighted by Crippen LogP contribution is -2.35. The molecule has 1 aliphatic carbocycles. The molecule has 0 spiro atoms. The monoisotopic (exact) mass is 209 g/mol. The number of allylic oxidation sites excluding steroid dienone is 3. The molecule has 15 heavy (non-hydrogen) atoms. The lowest BCUT2D eigenvalue weighted by atomic mass is 9.77. The van der Waals surface area contributed by atoms with Crippen LogP contribution in [0.4, 0.5) is 0 Å². The first-order valence-electron chi connectivity index (χ1n) is 5.76. The van der Waals surface area contributed by atoms with Crippen LogP contribution in [0.3, 0.4) is 0 Å². The maximum atomic E-state index is 5.92. The average molecular weight is 209 g/mol. The highest BCUT2D eigenvalue weighted by atomic mass is 16.5. The Morgan fingerprint density at radius 3 is 2.87 bits per heavy atom. The van der Waals surface area contributed by atoms with Gasteiger partial charge in [0.2, 0.25) is 0 Å². The Hall–Kier alpha value is -0.600. The molecule has 0 aromatic rings. The third-order valence-corrected chi connectivity index (χ3v) is 3.48. The van der Waals surface area contributed by atoms with Crippen LogP contribution >= 0.6 is 0 Å². The van der Waals surface area contributed by atoms with Crippen molar-refractivity contribution >= 4 is 0 Å². The van der Waals surface area contributed by atoms with E-state index in [0.717, 1.165) is 6.42 Å². The van der Waals surface area contributed by atoms with Crippen molar-refractivity contribution in [2.75, 3.05) is 7.11 Å². The third-order valence-electron chi connectivity index (χ3n) is 3.48. The van der Waals surface area contributed by atoms with Crippen LogP contribution in [0.2, 0.25) is 0 Å². The summed E-state index contributed by atoms with van der Waals surface area (Å²) < 4.78 is 5.22. The second-order valence-corrected chi connectivity index (χ2v) is 4.47. The van der Waals surface area contributed by atoms with Gasteiger partial charge in [0.15, 0.2) is 0 Å². The predicted octanol–water partition coefficient (Wildman–Crippen LogP) is 2.86. The molecule has 1 saturated carbocycles. The first-order valence-corrected chi connectivity index (χ1v) is 5.76. The Kier molecular flexibility index (Phi) is 5.06. The summed E-state index contributed by atoms with van der Waals surface area (Å²) in [7, 11) is 1.70. The number of methoxy groups -OCH3 is 1. The van der Waals surface area contributed by atoms with Gasteiger partial charge in [-0.1, -0.05) is 30.7 Å². The minimum atomic E-state index is -0.0932. The van der Waals surface area contributed by atoms with E-state index in [9.17, 15) is 0 Å². The molecule has 2 nitrogen and oxygen atoms in total. The lowest BCUT2D eigenvalue weighted by Gasteiger charge is -2.32. The van der Waals surface area contributed by atoms with Gasteiger partial charge in [0.05, 0.1) is 0 Å².